The number of nitrogens with two attached hydrogens (primary N) is 3. The van der Waals surface area contributed by atoms with E-state index in [9.17, 15) is 0 Å². The topological polar surface area (TPSA) is 156 Å². The Labute approximate surface area is 245 Å². The number of pyridine rings is 1. The van der Waals surface area contributed by atoms with E-state index in [4.69, 9.17) is 21.6 Å². The van der Waals surface area contributed by atoms with Crippen LogP contribution in [0.25, 0.3) is 0 Å². The van der Waals surface area contributed by atoms with E-state index in [1.807, 2.05) is 52.4 Å². The molecule has 0 spiro atoms. The second-order valence-corrected chi connectivity index (χ2v) is 11.4. The zero-order valence-corrected chi connectivity index (χ0v) is 25.9. The molecule has 4 aromatic rings. The van der Waals surface area contributed by atoms with Crippen LogP contribution >= 0.6 is 11.3 Å². The van der Waals surface area contributed by atoms with Crippen molar-refractivity contribution in [3.63, 3.8) is 0 Å². The molecule has 4 rings (SSSR count). The van der Waals surface area contributed by atoms with Gasteiger partial charge >= 0.3 is 0 Å². The number of aromatic nitrogens is 5. The molecule has 0 aliphatic rings. The molecule has 222 valence electrons. The van der Waals surface area contributed by atoms with Gasteiger partial charge in [0.05, 0.1) is 6.20 Å². The van der Waals surface area contributed by atoms with Crippen molar-refractivity contribution in [1.29, 1.82) is 0 Å². The molecule has 0 atom stereocenters. The molecule has 4 heterocycles. The van der Waals surface area contributed by atoms with Crippen LogP contribution in [-0.2, 0) is 0 Å². The van der Waals surface area contributed by atoms with E-state index >= 15 is 0 Å². The number of nitrogen functional groups attached to an aromatic ring is 3. The molecule has 0 saturated carbocycles. The molecule has 0 unspecified atom stereocenters. The minimum absolute atomic E-state index is 0. The number of thiazole rings is 1. The number of rotatable bonds is 4. The van der Waals surface area contributed by atoms with Crippen LogP contribution in [0.15, 0.2) is 41.3 Å². The maximum absolute atomic E-state index is 5.59. The van der Waals surface area contributed by atoms with Crippen LogP contribution in [0.3, 0.4) is 0 Å². The summed E-state index contributed by atoms with van der Waals surface area (Å²) < 4.78 is 5.01. The first kappa shape index (κ1) is 36.5. The second kappa shape index (κ2) is 17.9. The van der Waals surface area contributed by atoms with Crippen molar-refractivity contribution in [3.05, 3.63) is 70.2 Å². The maximum atomic E-state index is 5.59. The molecular formula is C30H50N8OS. The van der Waals surface area contributed by atoms with Crippen LogP contribution in [0, 0.1) is 13.8 Å². The van der Waals surface area contributed by atoms with Gasteiger partial charge in [-0.25, -0.2) is 24.9 Å². The van der Waals surface area contributed by atoms with Gasteiger partial charge in [-0.3, -0.25) is 0 Å². The minimum Gasteiger partial charge on any atom is -0.429 e. The smallest absolute Gasteiger partial charge is 0.292 e. The van der Waals surface area contributed by atoms with E-state index < -0.39 is 0 Å². The standard InChI is InChI=1S/C9H14N2.C8H12N2.C6H10N2O.C6H10N2S.CH4/c1-6(2)8-4-7(3)11-9(10)5-8;1-6(2)8-4-9-7(3)10-5-8;2*1-4(2)5-3-8-6(7)9-5;/h4-6H,1-3H3,(H2,10,11);4-6H,1-3H3;2*3-4H,1-2H3,(H2,7,8);1H4. The van der Waals surface area contributed by atoms with Crippen molar-refractivity contribution in [2.24, 2.45) is 0 Å². The molecule has 40 heavy (non-hydrogen) atoms. The van der Waals surface area contributed by atoms with Crippen LogP contribution < -0.4 is 17.2 Å². The lowest BCUT2D eigenvalue weighted by atomic mass is 10.0. The normalized spacial score (nSPS) is 10.2. The molecule has 4 aromatic heterocycles. The summed E-state index contributed by atoms with van der Waals surface area (Å²) in [6, 6.07) is 4.25. The predicted molar refractivity (Wildman–Crippen MR) is 171 cm³/mol. The number of anilines is 3. The van der Waals surface area contributed by atoms with Gasteiger partial charge in [0, 0.05) is 35.1 Å². The molecule has 9 nitrogen and oxygen atoms in total. The zero-order valence-electron chi connectivity index (χ0n) is 25.1. The van der Waals surface area contributed by atoms with Gasteiger partial charge in [0.1, 0.15) is 17.4 Å². The van der Waals surface area contributed by atoms with Crippen molar-refractivity contribution in [1.82, 2.24) is 24.9 Å². The first-order valence-corrected chi connectivity index (χ1v) is 14.0. The summed E-state index contributed by atoms with van der Waals surface area (Å²) in [5.74, 6) is 4.28. The minimum atomic E-state index is 0. The Hall–Kier alpha value is -3.53. The van der Waals surface area contributed by atoms with Gasteiger partial charge < -0.3 is 21.6 Å². The molecule has 0 amide bonds. The van der Waals surface area contributed by atoms with Crippen molar-refractivity contribution in [3.8, 4) is 0 Å². The van der Waals surface area contributed by atoms with Crippen LogP contribution in [0.1, 0.15) is 120 Å². The van der Waals surface area contributed by atoms with E-state index in [0.29, 0.717) is 34.6 Å². The van der Waals surface area contributed by atoms with Crippen LogP contribution in [0.2, 0.25) is 0 Å². The first-order valence-electron chi connectivity index (χ1n) is 13.1. The fourth-order valence-electron chi connectivity index (χ4n) is 2.89. The van der Waals surface area contributed by atoms with E-state index in [-0.39, 0.29) is 13.4 Å². The Balaban J connectivity index is 0.000000504. The number of hydrogen-bond acceptors (Lipinski definition) is 10. The zero-order chi connectivity index (χ0) is 29.7. The third-order valence-corrected chi connectivity index (χ3v) is 6.48. The Morgan fingerprint density at radius 3 is 1.57 bits per heavy atom. The van der Waals surface area contributed by atoms with E-state index in [2.05, 4.69) is 72.5 Å². The third-order valence-electron chi connectivity index (χ3n) is 5.35. The van der Waals surface area contributed by atoms with Gasteiger partial charge in [-0.15, -0.1) is 11.3 Å². The average molecular weight is 571 g/mol. The lowest BCUT2D eigenvalue weighted by Crippen LogP contribution is -1.96. The highest BCUT2D eigenvalue weighted by Crippen LogP contribution is 2.22. The number of oxazole rings is 1. The molecule has 0 fully saturated rings. The summed E-state index contributed by atoms with van der Waals surface area (Å²) in [4.78, 5) is 21.2. The second-order valence-electron chi connectivity index (χ2n) is 10.4. The number of hydrogen-bond donors (Lipinski definition) is 3. The largest absolute Gasteiger partial charge is 0.429 e. The summed E-state index contributed by atoms with van der Waals surface area (Å²) in [6.07, 6.45) is 7.25. The Morgan fingerprint density at radius 2 is 1.25 bits per heavy atom. The highest BCUT2D eigenvalue weighted by Gasteiger charge is 2.04. The summed E-state index contributed by atoms with van der Waals surface area (Å²) in [6.45, 7) is 20.7. The quantitative estimate of drug-likeness (QED) is 0.222. The van der Waals surface area contributed by atoms with Gasteiger partial charge in [-0.1, -0.05) is 62.8 Å². The van der Waals surface area contributed by atoms with E-state index in [1.54, 1.807) is 17.5 Å². The van der Waals surface area contributed by atoms with Gasteiger partial charge in [0.2, 0.25) is 0 Å². The molecule has 0 saturated heterocycles. The lowest BCUT2D eigenvalue weighted by Gasteiger charge is -2.06. The SMILES string of the molecule is C.CC(C)c1cnc(N)o1.CC(C)c1cnc(N)s1.Cc1cc(C(C)C)cc(N)n1.Cc1ncc(C(C)C)cn1. The van der Waals surface area contributed by atoms with Crippen LogP contribution in [-0.4, -0.2) is 24.9 Å². The van der Waals surface area contributed by atoms with E-state index in [1.165, 1.54) is 16.0 Å². The predicted octanol–water partition coefficient (Wildman–Crippen LogP) is 7.87. The molecule has 10 heteroatoms. The fourth-order valence-corrected chi connectivity index (χ4v) is 3.58. The molecule has 0 radical (unpaired) electrons. The summed E-state index contributed by atoms with van der Waals surface area (Å²) in [5, 5.41) is 0.665. The molecule has 6 N–H and O–H groups in total. The number of nitrogens with zero attached hydrogens (tertiary/aromatic N) is 5. The third kappa shape index (κ3) is 14.0. The fraction of sp³-hybridized carbons (Fsp3) is 0.500. The Kier molecular flexibility index (Phi) is 16.4. The average Bonchev–Trinajstić information content (AvgIpc) is 3.48. The van der Waals surface area contributed by atoms with Crippen molar-refractivity contribution in [2.45, 2.75) is 100 Å². The lowest BCUT2D eigenvalue weighted by molar-refractivity contribution is 0.499. The van der Waals surface area contributed by atoms with Crippen molar-refractivity contribution < 1.29 is 4.42 Å². The summed E-state index contributed by atoms with van der Waals surface area (Å²) in [7, 11) is 0. The highest BCUT2D eigenvalue weighted by molar-refractivity contribution is 7.15. The molecule has 0 aliphatic carbocycles. The highest BCUT2D eigenvalue weighted by atomic mass is 32.1. The van der Waals surface area contributed by atoms with E-state index in [0.717, 1.165) is 17.3 Å². The van der Waals surface area contributed by atoms with Crippen molar-refractivity contribution in [2.75, 3.05) is 17.2 Å². The first-order chi connectivity index (χ1) is 18.2. The number of aryl methyl sites for hydroxylation is 2. The summed E-state index contributed by atoms with van der Waals surface area (Å²) >= 11 is 1.56. The monoisotopic (exact) mass is 570 g/mol. The van der Waals surface area contributed by atoms with Crippen LogP contribution in [0.5, 0.6) is 0 Å². The Morgan fingerprint density at radius 1 is 0.675 bits per heavy atom. The van der Waals surface area contributed by atoms with Crippen molar-refractivity contribution >= 4 is 28.3 Å². The van der Waals surface area contributed by atoms with Gasteiger partial charge in [0.25, 0.3) is 6.01 Å². The molecule has 0 aliphatic heterocycles. The Bertz CT molecular complexity index is 1170. The molecule has 0 aromatic carbocycles. The van der Waals surface area contributed by atoms with Gasteiger partial charge in [0.15, 0.2) is 5.13 Å². The summed E-state index contributed by atoms with van der Waals surface area (Å²) in [5.41, 5.74) is 19.7. The van der Waals surface area contributed by atoms with Gasteiger partial charge in [-0.2, -0.15) is 0 Å². The molecule has 0 bridgehead atoms. The van der Waals surface area contributed by atoms with Crippen LogP contribution in [0.4, 0.5) is 17.0 Å². The molecular weight excluding hydrogens is 520 g/mol. The maximum Gasteiger partial charge on any atom is 0.292 e. The van der Waals surface area contributed by atoms with Gasteiger partial charge in [-0.05, 0) is 54.9 Å².